The van der Waals surface area contributed by atoms with Gasteiger partial charge in [0.25, 0.3) is 0 Å². The molecule has 0 bridgehead atoms. The van der Waals surface area contributed by atoms with Crippen molar-refractivity contribution < 1.29 is 24.5 Å². The van der Waals surface area contributed by atoms with Gasteiger partial charge in [-0.15, -0.1) is 0 Å². The van der Waals surface area contributed by atoms with E-state index >= 15 is 0 Å². The largest absolute Gasteiger partial charge is 0.466 e. The minimum absolute atomic E-state index is 0.0129. The molecule has 55 heavy (non-hydrogen) atoms. The monoisotopic (exact) mass is 776 g/mol. The summed E-state index contributed by atoms with van der Waals surface area (Å²) in [5, 5.41) is 23.0. The van der Waals surface area contributed by atoms with Crippen LogP contribution in [0.3, 0.4) is 0 Å². The number of amides is 1. The van der Waals surface area contributed by atoms with Gasteiger partial charge in [-0.1, -0.05) is 186 Å². The second-order valence-electron chi connectivity index (χ2n) is 16.4. The first kappa shape index (κ1) is 53.3. The molecule has 0 heterocycles. The van der Waals surface area contributed by atoms with E-state index in [9.17, 15) is 19.8 Å². The number of carbonyl (C=O) groups is 2. The van der Waals surface area contributed by atoms with Gasteiger partial charge in [-0.2, -0.15) is 0 Å². The summed E-state index contributed by atoms with van der Waals surface area (Å²) in [6.07, 6.45) is 51.4. The van der Waals surface area contributed by atoms with Crippen LogP contribution >= 0.6 is 0 Å². The van der Waals surface area contributed by atoms with Crippen molar-refractivity contribution in [2.24, 2.45) is 0 Å². The lowest BCUT2D eigenvalue weighted by Crippen LogP contribution is -2.45. The number of hydrogen-bond acceptors (Lipinski definition) is 5. The standard InChI is InChI=1S/C49H93NO5/c1-3-5-7-9-11-13-14-19-23-27-31-35-39-43-49(54)55-44-40-36-32-28-24-21-18-16-15-17-20-22-26-30-34-38-42-48(53)50-46(45-51)47(52)41-37-33-29-25-12-10-8-6-4-2/h13-15,17,46-47,51-52H,3-12,16,18-45H2,1-2H3,(H,50,53)/b14-13-,17-15-. The molecule has 0 radical (unpaired) electrons. The van der Waals surface area contributed by atoms with Gasteiger partial charge in [0.15, 0.2) is 0 Å². The molecule has 0 aliphatic heterocycles. The van der Waals surface area contributed by atoms with Crippen molar-refractivity contribution in [3.8, 4) is 0 Å². The summed E-state index contributed by atoms with van der Waals surface area (Å²) < 4.78 is 5.44. The zero-order valence-electron chi connectivity index (χ0n) is 36.7. The van der Waals surface area contributed by atoms with E-state index < -0.39 is 12.1 Å². The molecule has 0 aromatic heterocycles. The van der Waals surface area contributed by atoms with Gasteiger partial charge in [0.05, 0.1) is 25.4 Å². The van der Waals surface area contributed by atoms with Crippen LogP contribution in [0.5, 0.6) is 0 Å². The van der Waals surface area contributed by atoms with Crippen LogP contribution < -0.4 is 5.32 Å². The van der Waals surface area contributed by atoms with Gasteiger partial charge < -0.3 is 20.3 Å². The molecule has 0 aliphatic carbocycles. The number of ether oxygens (including phenoxy) is 1. The number of aliphatic hydroxyl groups excluding tert-OH is 2. The molecule has 0 aliphatic rings. The minimum Gasteiger partial charge on any atom is -0.466 e. The van der Waals surface area contributed by atoms with Crippen LogP contribution in [-0.4, -0.2) is 47.4 Å². The SMILES string of the molecule is CCCCCC/C=C\CCCCCCCC(=O)OCCCCCCCCC/C=C\CCCCCCCC(=O)NC(CO)C(O)CCCCCCCCCCC. The average Bonchev–Trinajstić information content (AvgIpc) is 3.18. The van der Waals surface area contributed by atoms with Gasteiger partial charge in [0, 0.05) is 12.8 Å². The van der Waals surface area contributed by atoms with E-state index in [2.05, 4.69) is 43.5 Å². The van der Waals surface area contributed by atoms with Gasteiger partial charge in [-0.3, -0.25) is 9.59 Å². The zero-order valence-corrected chi connectivity index (χ0v) is 36.7. The first-order valence-electron chi connectivity index (χ1n) is 24.1. The van der Waals surface area contributed by atoms with E-state index in [0.29, 0.717) is 25.9 Å². The van der Waals surface area contributed by atoms with Gasteiger partial charge in [-0.05, 0) is 77.0 Å². The number of nitrogens with one attached hydrogen (secondary N) is 1. The van der Waals surface area contributed by atoms with Crippen molar-refractivity contribution in [1.82, 2.24) is 5.32 Å². The Kier molecular flexibility index (Phi) is 43.7. The Morgan fingerprint density at radius 1 is 0.491 bits per heavy atom. The third kappa shape index (κ3) is 41.8. The summed E-state index contributed by atoms with van der Waals surface area (Å²) >= 11 is 0. The highest BCUT2D eigenvalue weighted by atomic mass is 16.5. The van der Waals surface area contributed by atoms with Crippen LogP contribution in [0.2, 0.25) is 0 Å². The number of carbonyl (C=O) groups excluding carboxylic acids is 2. The molecule has 2 unspecified atom stereocenters. The predicted molar refractivity (Wildman–Crippen MR) is 236 cm³/mol. The lowest BCUT2D eigenvalue weighted by Gasteiger charge is -2.22. The highest BCUT2D eigenvalue weighted by Crippen LogP contribution is 2.15. The minimum atomic E-state index is -0.672. The number of rotatable bonds is 44. The lowest BCUT2D eigenvalue weighted by molar-refractivity contribution is -0.143. The zero-order chi connectivity index (χ0) is 40.1. The molecule has 6 nitrogen and oxygen atoms in total. The molecule has 6 heteroatoms. The summed E-state index contributed by atoms with van der Waals surface area (Å²) in [7, 11) is 0. The Morgan fingerprint density at radius 3 is 1.31 bits per heavy atom. The fourth-order valence-electron chi connectivity index (χ4n) is 7.21. The highest BCUT2D eigenvalue weighted by Gasteiger charge is 2.20. The molecule has 0 saturated heterocycles. The van der Waals surface area contributed by atoms with Crippen molar-refractivity contribution in [2.45, 2.75) is 264 Å². The maximum absolute atomic E-state index is 12.4. The molecule has 3 N–H and O–H groups in total. The van der Waals surface area contributed by atoms with Crippen LogP contribution in [0.15, 0.2) is 24.3 Å². The van der Waals surface area contributed by atoms with Crippen molar-refractivity contribution in [2.75, 3.05) is 13.2 Å². The maximum Gasteiger partial charge on any atom is 0.305 e. The third-order valence-corrected chi connectivity index (χ3v) is 11.0. The van der Waals surface area contributed by atoms with E-state index in [4.69, 9.17) is 4.74 Å². The summed E-state index contributed by atoms with van der Waals surface area (Å²) in [5.41, 5.74) is 0. The van der Waals surface area contributed by atoms with Crippen LogP contribution in [0.1, 0.15) is 251 Å². The Morgan fingerprint density at radius 2 is 0.855 bits per heavy atom. The highest BCUT2D eigenvalue weighted by molar-refractivity contribution is 5.76. The predicted octanol–water partition coefficient (Wildman–Crippen LogP) is 14.0. The smallest absolute Gasteiger partial charge is 0.305 e. The molecule has 2 atom stereocenters. The number of esters is 1. The molecule has 0 rings (SSSR count). The van der Waals surface area contributed by atoms with E-state index in [1.165, 1.54) is 154 Å². The molecular formula is C49H93NO5. The third-order valence-electron chi connectivity index (χ3n) is 11.0. The average molecular weight is 776 g/mol. The Hall–Kier alpha value is -1.66. The van der Waals surface area contributed by atoms with Crippen LogP contribution in [0.25, 0.3) is 0 Å². The Labute approximate surface area is 341 Å². The molecular weight excluding hydrogens is 683 g/mol. The number of hydrogen-bond donors (Lipinski definition) is 3. The molecule has 0 aromatic rings. The first-order valence-corrected chi connectivity index (χ1v) is 24.1. The fraction of sp³-hybridized carbons (Fsp3) is 0.878. The van der Waals surface area contributed by atoms with Crippen molar-refractivity contribution in [1.29, 1.82) is 0 Å². The van der Waals surface area contributed by atoms with E-state index in [1.807, 2.05) is 0 Å². The summed E-state index contributed by atoms with van der Waals surface area (Å²) in [5.74, 6) is -0.0685. The van der Waals surface area contributed by atoms with Crippen LogP contribution in [-0.2, 0) is 14.3 Å². The molecule has 0 spiro atoms. The molecule has 0 saturated carbocycles. The van der Waals surface area contributed by atoms with E-state index in [0.717, 1.165) is 64.2 Å². The van der Waals surface area contributed by atoms with Crippen LogP contribution in [0, 0.1) is 0 Å². The maximum atomic E-state index is 12.4. The Bertz CT molecular complexity index is 858. The molecule has 324 valence electrons. The molecule has 0 fully saturated rings. The summed E-state index contributed by atoms with van der Waals surface area (Å²) in [4.78, 5) is 24.3. The van der Waals surface area contributed by atoms with Crippen molar-refractivity contribution in [3.05, 3.63) is 24.3 Å². The first-order chi connectivity index (χ1) is 27.0. The van der Waals surface area contributed by atoms with E-state index in [-0.39, 0.29) is 18.5 Å². The van der Waals surface area contributed by atoms with Gasteiger partial charge in [0.2, 0.25) is 5.91 Å². The fourth-order valence-corrected chi connectivity index (χ4v) is 7.21. The lowest BCUT2D eigenvalue weighted by atomic mass is 10.0. The van der Waals surface area contributed by atoms with Crippen molar-refractivity contribution >= 4 is 11.9 Å². The summed E-state index contributed by atoms with van der Waals surface area (Å²) in [6.45, 7) is 4.88. The van der Waals surface area contributed by atoms with Crippen LogP contribution in [0.4, 0.5) is 0 Å². The van der Waals surface area contributed by atoms with E-state index in [1.54, 1.807) is 0 Å². The molecule has 1 amide bonds. The van der Waals surface area contributed by atoms with Gasteiger partial charge in [0.1, 0.15) is 0 Å². The Balaban J connectivity index is 3.46. The summed E-state index contributed by atoms with van der Waals surface area (Å²) in [6, 6.07) is -0.551. The van der Waals surface area contributed by atoms with Gasteiger partial charge >= 0.3 is 5.97 Å². The second kappa shape index (κ2) is 45.0. The number of allylic oxidation sites excluding steroid dienone is 4. The normalized spacial score (nSPS) is 12.9. The van der Waals surface area contributed by atoms with Gasteiger partial charge in [-0.25, -0.2) is 0 Å². The quantitative estimate of drug-likeness (QED) is 0.0325. The topological polar surface area (TPSA) is 95.9 Å². The molecule has 0 aromatic carbocycles. The van der Waals surface area contributed by atoms with Crippen molar-refractivity contribution in [3.63, 3.8) is 0 Å². The number of unbranched alkanes of at least 4 members (excludes halogenated alkanes) is 29. The number of aliphatic hydroxyl groups is 2. The second-order valence-corrected chi connectivity index (χ2v) is 16.4.